The molecule has 0 radical (unpaired) electrons. The number of aromatic hydroxyl groups is 1. The molecule has 5 nitrogen and oxygen atoms in total. The standard InChI is InChI=1S/C17H12N2O3/c20-8-14-15(11-3-1-2-4-13(11)18-14)16-12-7-9(21)5-6-10(12)17(22)19-16/h1-8,16,18,21H,(H,19,22). The fourth-order valence-electron chi connectivity index (χ4n) is 3.10. The number of fused-ring (bicyclic) bond motifs is 2. The molecular formula is C17H12N2O3. The van der Waals surface area contributed by atoms with Crippen LogP contribution in [0.5, 0.6) is 5.75 Å². The van der Waals surface area contributed by atoms with Crippen LogP contribution >= 0.6 is 0 Å². The lowest BCUT2D eigenvalue weighted by Gasteiger charge is -2.12. The van der Waals surface area contributed by atoms with Crippen molar-refractivity contribution in [1.29, 1.82) is 0 Å². The number of para-hydroxylation sites is 1. The quantitative estimate of drug-likeness (QED) is 0.635. The molecular weight excluding hydrogens is 280 g/mol. The highest BCUT2D eigenvalue weighted by Crippen LogP contribution is 2.37. The Morgan fingerprint density at radius 3 is 2.77 bits per heavy atom. The summed E-state index contributed by atoms with van der Waals surface area (Å²) in [7, 11) is 0. The first kappa shape index (κ1) is 12.6. The number of nitrogens with one attached hydrogen (secondary N) is 2. The predicted molar refractivity (Wildman–Crippen MR) is 81.1 cm³/mol. The fraction of sp³-hybridized carbons (Fsp3) is 0.0588. The predicted octanol–water partition coefficient (Wildman–Crippen LogP) is 2.52. The van der Waals surface area contributed by atoms with Gasteiger partial charge in [-0.05, 0) is 29.8 Å². The van der Waals surface area contributed by atoms with E-state index in [2.05, 4.69) is 10.3 Å². The maximum atomic E-state index is 12.1. The summed E-state index contributed by atoms with van der Waals surface area (Å²) >= 11 is 0. The molecule has 22 heavy (non-hydrogen) atoms. The van der Waals surface area contributed by atoms with Crippen molar-refractivity contribution in [1.82, 2.24) is 10.3 Å². The van der Waals surface area contributed by atoms with Gasteiger partial charge in [0.2, 0.25) is 0 Å². The number of amides is 1. The smallest absolute Gasteiger partial charge is 0.252 e. The Bertz CT molecular complexity index is 927. The maximum absolute atomic E-state index is 12.1. The Hall–Kier alpha value is -3.08. The second kappa shape index (κ2) is 4.46. The lowest BCUT2D eigenvalue weighted by molar-refractivity contribution is 0.0959. The van der Waals surface area contributed by atoms with Crippen LogP contribution in [0.1, 0.15) is 38.0 Å². The summed E-state index contributed by atoms with van der Waals surface area (Å²) in [6.45, 7) is 0. The number of benzene rings is 2. The molecule has 1 aliphatic heterocycles. The summed E-state index contributed by atoms with van der Waals surface area (Å²) in [6, 6.07) is 11.7. The molecule has 0 aliphatic carbocycles. The number of phenolic OH excluding ortho intramolecular Hbond substituents is 1. The number of aldehydes is 1. The third-order valence-corrected chi connectivity index (χ3v) is 4.05. The van der Waals surface area contributed by atoms with Gasteiger partial charge in [-0.1, -0.05) is 18.2 Å². The van der Waals surface area contributed by atoms with Crippen molar-refractivity contribution in [3.05, 3.63) is 64.8 Å². The summed E-state index contributed by atoms with van der Waals surface area (Å²) in [4.78, 5) is 26.6. The van der Waals surface area contributed by atoms with Crippen molar-refractivity contribution in [3.63, 3.8) is 0 Å². The third-order valence-electron chi connectivity index (χ3n) is 4.05. The third kappa shape index (κ3) is 1.65. The van der Waals surface area contributed by atoms with E-state index in [4.69, 9.17) is 0 Å². The number of carbonyl (C=O) groups excluding carboxylic acids is 2. The van der Waals surface area contributed by atoms with E-state index in [1.54, 1.807) is 12.1 Å². The minimum Gasteiger partial charge on any atom is -0.508 e. The van der Waals surface area contributed by atoms with Gasteiger partial charge < -0.3 is 15.4 Å². The fourth-order valence-corrected chi connectivity index (χ4v) is 3.10. The van der Waals surface area contributed by atoms with Crippen LogP contribution in [0.4, 0.5) is 0 Å². The van der Waals surface area contributed by atoms with E-state index in [1.165, 1.54) is 6.07 Å². The van der Waals surface area contributed by atoms with Crippen molar-refractivity contribution < 1.29 is 14.7 Å². The van der Waals surface area contributed by atoms with E-state index in [0.29, 0.717) is 16.8 Å². The first-order valence-corrected chi connectivity index (χ1v) is 6.88. The van der Waals surface area contributed by atoms with Crippen LogP contribution in [0.2, 0.25) is 0 Å². The van der Waals surface area contributed by atoms with E-state index in [0.717, 1.165) is 22.8 Å². The molecule has 0 bridgehead atoms. The zero-order valence-corrected chi connectivity index (χ0v) is 11.5. The topological polar surface area (TPSA) is 82.2 Å². The molecule has 4 rings (SSSR count). The first-order valence-electron chi connectivity index (χ1n) is 6.88. The van der Waals surface area contributed by atoms with E-state index in [9.17, 15) is 14.7 Å². The summed E-state index contributed by atoms with van der Waals surface area (Å²) in [6.07, 6.45) is 0.752. The molecule has 1 atom stereocenters. The molecule has 108 valence electrons. The Morgan fingerprint density at radius 1 is 1.14 bits per heavy atom. The number of H-pyrrole nitrogens is 1. The minimum absolute atomic E-state index is 0.0905. The Labute approximate surface area is 125 Å². The lowest BCUT2D eigenvalue weighted by atomic mass is 9.96. The number of rotatable bonds is 2. The maximum Gasteiger partial charge on any atom is 0.252 e. The molecule has 3 N–H and O–H groups in total. The summed E-state index contributed by atoms with van der Waals surface area (Å²) < 4.78 is 0. The van der Waals surface area contributed by atoms with Gasteiger partial charge in [0.1, 0.15) is 5.75 Å². The first-order chi connectivity index (χ1) is 10.7. The molecule has 5 heteroatoms. The highest BCUT2D eigenvalue weighted by atomic mass is 16.3. The normalized spacial score (nSPS) is 16.5. The van der Waals surface area contributed by atoms with Gasteiger partial charge >= 0.3 is 0 Å². The van der Waals surface area contributed by atoms with Crippen LogP contribution in [-0.2, 0) is 0 Å². The average Bonchev–Trinajstić information content (AvgIpc) is 3.04. The van der Waals surface area contributed by atoms with Crippen molar-refractivity contribution in [2.75, 3.05) is 0 Å². The van der Waals surface area contributed by atoms with Crippen LogP contribution in [0.15, 0.2) is 42.5 Å². The molecule has 0 saturated carbocycles. The van der Waals surface area contributed by atoms with E-state index >= 15 is 0 Å². The number of phenols is 1. The zero-order valence-electron chi connectivity index (χ0n) is 11.5. The average molecular weight is 292 g/mol. The van der Waals surface area contributed by atoms with Crippen LogP contribution in [0, 0.1) is 0 Å². The Morgan fingerprint density at radius 2 is 1.95 bits per heavy atom. The van der Waals surface area contributed by atoms with Gasteiger partial charge in [0, 0.05) is 22.0 Å². The van der Waals surface area contributed by atoms with Crippen LogP contribution in [0.3, 0.4) is 0 Å². The molecule has 2 aromatic carbocycles. The molecule has 0 spiro atoms. The van der Waals surface area contributed by atoms with Crippen LogP contribution in [-0.4, -0.2) is 22.3 Å². The second-order valence-electron chi connectivity index (χ2n) is 5.29. The number of aromatic nitrogens is 1. The van der Waals surface area contributed by atoms with Gasteiger partial charge in [-0.15, -0.1) is 0 Å². The van der Waals surface area contributed by atoms with Crippen LogP contribution in [0.25, 0.3) is 10.9 Å². The van der Waals surface area contributed by atoms with Gasteiger partial charge in [0.15, 0.2) is 6.29 Å². The van der Waals surface area contributed by atoms with Crippen molar-refractivity contribution >= 4 is 23.1 Å². The van der Waals surface area contributed by atoms with Crippen molar-refractivity contribution in [2.24, 2.45) is 0 Å². The number of carbonyl (C=O) groups is 2. The van der Waals surface area contributed by atoms with E-state index < -0.39 is 6.04 Å². The largest absolute Gasteiger partial charge is 0.508 e. The van der Waals surface area contributed by atoms with Gasteiger partial charge in [-0.2, -0.15) is 0 Å². The molecule has 0 saturated heterocycles. The molecule has 1 aromatic heterocycles. The van der Waals surface area contributed by atoms with Gasteiger partial charge in [-0.3, -0.25) is 9.59 Å². The second-order valence-corrected chi connectivity index (χ2v) is 5.29. The lowest BCUT2D eigenvalue weighted by Crippen LogP contribution is -2.20. The number of aromatic amines is 1. The van der Waals surface area contributed by atoms with Crippen molar-refractivity contribution in [2.45, 2.75) is 6.04 Å². The van der Waals surface area contributed by atoms with Gasteiger partial charge in [0.05, 0.1) is 11.7 Å². The summed E-state index contributed by atoms with van der Waals surface area (Å²) in [5.41, 5.74) is 3.19. The van der Waals surface area contributed by atoms with E-state index in [-0.39, 0.29) is 11.7 Å². The number of hydrogen-bond acceptors (Lipinski definition) is 3. The summed E-state index contributed by atoms with van der Waals surface area (Å²) in [5, 5.41) is 13.5. The Balaban J connectivity index is 2.00. The van der Waals surface area contributed by atoms with Crippen LogP contribution < -0.4 is 5.32 Å². The monoisotopic (exact) mass is 292 g/mol. The SMILES string of the molecule is O=Cc1[nH]c2ccccc2c1C1NC(=O)c2ccc(O)cc21. The van der Waals surface area contributed by atoms with Gasteiger partial charge in [-0.25, -0.2) is 0 Å². The molecule has 0 fully saturated rings. The van der Waals surface area contributed by atoms with Crippen molar-refractivity contribution in [3.8, 4) is 5.75 Å². The van der Waals surface area contributed by atoms with E-state index in [1.807, 2.05) is 24.3 Å². The molecule has 1 amide bonds. The minimum atomic E-state index is -0.453. The zero-order chi connectivity index (χ0) is 15.3. The Kier molecular flexibility index (Phi) is 2.56. The molecule has 2 heterocycles. The molecule has 1 aliphatic rings. The number of hydrogen-bond donors (Lipinski definition) is 3. The highest BCUT2D eigenvalue weighted by molar-refractivity contribution is 6.02. The molecule has 1 unspecified atom stereocenters. The summed E-state index contributed by atoms with van der Waals surface area (Å²) in [5.74, 6) is -0.116. The molecule has 3 aromatic rings. The highest BCUT2D eigenvalue weighted by Gasteiger charge is 2.33. The van der Waals surface area contributed by atoms with Gasteiger partial charge in [0.25, 0.3) is 5.91 Å².